The fraction of sp³-hybridized carbons (Fsp3) is 0.0370. The van der Waals surface area contributed by atoms with Gasteiger partial charge in [0.1, 0.15) is 11.2 Å². The Labute approximate surface area is 359 Å². The first-order valence-corrected chi connectivity index (χ1v) is 20.5. The van der Waals surface area contributed by atoms with Crippen molar-refractivity contribution in [3.8, 4) is 0 Å². The van der Waals surface area contributed by atoms with Gasteiger partial charge in [0.2, 0.25) is 0 Å². The second kappa shape index (κ2) is 13.8. The molecular formula is C54H30F6N2O2. The fourth-order valence-electron chi connectivity index (χ4n) is 9.39. The highest BCUT2D eigenvalue weighted by molar-refractivity contribution is 6.28. The monoisotopic (exact) mass is 852 g/mol. The number of para-hydroxylation sites is 4. The summed E-state index contributed by atoms with van der Waals surface area (Å²) in [6.45, 7) is 0. The number of furan rings is 2. The second-order valence-electron chi connectivity index (χ2n) is 15.9. The number of alkyl halides is 6. The van der Waals surface area contributed by atoms with Gasteiger partial charge in [0.25, 0.3) is 0 Å². The molecule has 10 heteroatoms. The molecule has 2 aromatic heterocycles. The number of hydrogen-bond acceptors (Lipinski definition) is 4. The molecule has 0 amide bonds. The van der Waals surface area contributed by atoms with Gasteiger partial charge in [-0.3, -0.25) is 0 Å². The van der Waals surface area contributed by atoms with Gasteiger partial charge in [-0.05, 0) is 106 Å². The molecule has 0 fully saturated rings. The van der Waals surface area contributed by atoms with Crippen LogP contribution in [0.5, 0.6) is 0 Å². The van der Waals surface area contributed by atoms with Gasteiger partial charge in [0, 0.05) is 43.7 Å². The molecule has 0 spiro atoms. The normalized spacial score (nSPS) is 12.5. The van der Waals surface area contributed by atoms with Crippen molar-refractivity contribution < 1.29 is 35.2 Å². The average molecular weight is 853 g/mol. The van der Waals surface area contributed by atoms with E-state index in [4.69, 9.17) is 8.83 Å². The van der Waals surface area contributed by atoms with Crippen LogP contribution < -0.4 is 9.80 Å². The number of rotatable bonds is 6. The largest absolute Gasteiger partial charge is 0.454 e. The Morgan fingerprint density at radius 3 is 1.09 bits per heavy atom. The van der Waals surface area contributed by atoms with E-state index in [1.807, 2.05) is 143 Å². The Balaban J connectivity index is 1.12. The van der Waals surface area contributed by atoms with Crippen LogP contribution in [-0.4, -0.2) is 0 Å². The minimum absolute atomic E-state index is 0.490. The molecule has 0 atom stereocenters. The number of hydrogen-bond donors (Lipinski definition) is 0. The van der Waals surface area contributed by atoms with E-state index in [2.05, 4.69) is 0 Å². The van der Waals surface area contributed by atoms with Crippen LogP contribution in [0.4, 0.5) is 60.5 Å². The van der Waals surface area contributed by atoms with Crippen LogP contribution in [0, 0.1) is 0 Å². The van der Waals surface area contributed by atoms with Gasteiger partial charge in [0.05, 0.1) is 33.9 Å². The lowest BCUT2D eigenvalue weighted by molar-refractivity contribution is -0.138. The van der Waals surface area contributed by atoms with Crippen LogP contribution >= 0.6 is 0 Å². The molecule has 0 saturated heterocycles. The third-order valence-electron chi connectivity index (χ3n) is 12.3. The first-order valence-electron chi connectivity index (χ1n) is 20.5. The first kappa shape index (κ1) is 37.8. The highest BCUT2D eigenvalue weighted by Crippen LogP contribution is 2.51. The Morgan fingerprint density at radius 2 is 0.688 bits per heavy atom. The molecular weight excluding hydrogens is 823 g/mol. The molecule has 0 bridgehead atoms. The van der Waals surface area contributed by atoms with Gasteiger partial charge in [0.15, 0.2) is 11.2 Å². The summed E-state index contributed by atoms with van der Waals surface area (Å²) in [6, 6.07) is 53.2. The van der Waals surface area contributed by atoms with Gasteiger partial charge in [-0.25, -0.2) is 0 Å². The van der Waals surface area contributed by atoms with Crippen molar-refractivity contribution in [3.05, 3.63) is 193 Å². The topological polar surface area (TPSA) is 32.8 Å². The zero-order chi connectivity index (χ0) is 43.5. The standard InChI is InChI=1S/C54H30F6N2O2/c55-53(56,57)33-19-23-35(24-20-33)61(45-11-5-9-39-37-7-1-3-13-47(37)63-51(39)45)43-29-17-31-16-28-42-44(30-18-32-15-27-41(43)49(31)50(32)42)62(36-25-21-34(22-26-36)54(58,59)60)46-12-6-10-40-38-8-2-4-14-48(38)64-52(40)46/h1-30H. The third kappa shape index (κ3) is 5.78. The fourth-order valence-corrected chi connectivity index (χ4v) is 9.39. The molecule has 4 nitrogen and oxygen atoms in total. The van der Waals surface area contributed by atoms with E-state index < -0.39 is 23.5 Å². The van der Waals surface area contributed by atoms with Crippen LogP contribution in [0.25, 0.3) is 76.2 Å². The molecule has 10 aromatic carbocycles. The summed E-state index contributed by atoms with van der Waals surface area (Å²) in [7, 11) is 0. The van der Waals surface area contributed by atoms with Gasteiger partial charge in [-0.2, -0.15) is 26.3 Å². The van der Waals surface area contributed by atoms with Crippen LogP contribution in [0.1, 0.15) is 11.1 Å². The van der Waals surface area contributed by atoms with Crippen molar-refractivity contribution in [2.75, 3.05) is 9.80 Å². The molecule has 0 aliphatic heterocycles. The van der Waals surface area contributed by atoms with Gasteiger partial charge in [-0.15, -0.1) is 0 Å². The van der Waals surface area contributed by atoms with Crippen molar-refractivity contribution in [2.45, 2.75) is 12.4 Å². The van der Waals surface area contributed by atoms with Gasteiger partial charge >= 0.3 is 12.4 Å². The molecule has 12 aromatic rings. The lowest BCUT2D eigenvalue weighted by Gasteiger charge is -2.29. The average Bonchev–Trinajstić information content (AvgIpc) is 3.89. The molecule has 0 N–H and O–H groups in total. The zero-order valence-electron chi connectivity index (χ0n) is 33.3. The number of nitrogens with zero attached hydrogens (tertiary/aromatic N) is 2. The van der Waals surface area contributed by atoms with Crippen LogP contribution in [-0.2, 0) is 12.4 Å². The third-order valence-corrected chi connectivity index (χ3v) is 12.3. The quantitative estimate of drug-likeness (QED) is 0.123. The number of halogens is 6. The van der Waals surface area contributed by atoms with E-state index >= 15 is 0 Å². The lowest BCUT2D eigenvalue weighted by atomic mass is 9.91. The summed E-state index contributed by atoms with van der Waals surface area (Å²) in [5, 5.41) is 8.81. The smallest absolute Gasteiger partial charge is 0.416 e. The van der Waals surface area contributed by atoms with Crippen molar-refractivity contribution in [2.24, 2.45) is 0 Å². The minimum Gasteiger partial charge on any atom is -0.454 e. The number of anilines is 6. The maximum Gasteiger partial charge on any atom is 0.416 e. The van der Waals surface area contributed by atoms with Gasteiger partial charge < -0.3 is 18.6 Å². The predicted octanol–water partition coefficient (Wildman–Crippen LogP) is 17.4. The highest BCUT2D eigenvalue weighted by atomic mass is 19.4. The van der Waals surface area contributed by atoms with Crippen molar-refractivity contribution >= 4 is 110 Å². The maximum absolute atomic E-state index is 13.9. The van der Waals surface area contributed by atoms with Crippen molar-refractivity contribution in [1.29, 1.82) is 0 Å². The molecule has 0 saturated carbocycles. The summed E-state index contributed by atoms with van der Waals surface area (Å²) in [4.78, 5) is 3.88. The Hall–Kier alpha value is -7.98. The minimum atomic E-state index is -4.53. The molecule has 2 heterocycles. The van der Waals surface area contributed by atoms with E-state index in [9.17, 15) is 26.3 Å². The van der Waals surface area contributed by atoms with Crippen LogP contribution in [0.3, 0.4) is 0 Å². The molecule has 0 unspecified atom stereocenters. The summed E-state index contributed by atoms with van der Waals surface area (Å²) < 4.78 is 96.7. The Kier molecular flexibility index (Phi) is 8.12. The lowest BCUT2D eigenvalue weighted by Crippen LogP contribution is -2.13. The first-order chi connectivity index (χ1) is 31.0. The van der Waals surface area contributed by atoms with E-state index in [1.54, 1.807) is 0 Å². The molecule has 0 aliphatic carbocycles. The maximum atomic E-state index is 13.9. The Morgan fingerprint density at radius 1 is 0.312 bits per heavy atom. The van der Waals surface area contributed by atoms with Crippen LogP contribution in [0.2, 0.25) is 0 Å². The van der Waals surface area contributed by atoms with E-state index in [0.717, 1.165) is 78.1 Å². The SMILES string of the molecule is FC(F)(F)c1ccc(N(c2ccc3ccc4c(N(c5ccc(C(F)(F)F)cc5)c5cccc6c5oc5ccccc56)ccc5ccc2c3c54)c2cccc3c2oc2ccccc23)cc1. The van der Waals surface area contributed by atoms with E-state index in [1.165, 1.54) is 24.3 Å². The predicted molar refractivity (Wildman–Crippen MR) is 244 cm³/mol. The molecule has 64 heavy (non-hydrogen) atoms. The van der Waals surface area contributed by atoms with Gasteiger partial charge in [-0.1, -0.05) is 97.1 Å². The summed E-state index contributed by atoms with van der Waals surface area (Å²) in [5.41, 5.74) is 4.62. The van der Waals surface area contributed by atoms with E-state index in [0.29, 0.717) is 56.5 Å². The van der Waals surface area contributed by atoms with Crippen molar-refractivity contribution in [3.63, 3.8) is 0 Å². The van der Waals surface area contributed by atoms with Crippen molar-refractivity contribution in [1.82, 2.24) is 0 Å². The molecule has 310 valence electrons. The van der Waals surface area contributed by atoms with Crippen LogP contribution in [0.15, 0.2) is 191 Å². The Bertz CT molecular complexity index is 3520. The number of benzene rings is 10. The highest BCUT2D eigenvalue weighted by Gasteiger charge is 2.32. The zero-order valence-corrected chi connectivity index (χ0v) is 33.3. The summed E-state index contributed by atoms with van der Waals surface area (Å²) in [6.07, 6.45) is -9.06. The second-order valence-corrected chi connectivity index (χ2v) is 15.9. The molecule has 0 radical (unpaired) electrons. The summed E-state index contributed by atoms with van der Waals surface area (Å²) in [5.74, 6) is 0. The molecule has 0 aliphatic rings. The molecule has 12 rings (SSSR count). The van der Waals surface area contributed by atoms with E-state index in [-0.39, 0.29) is 0 Å². The number of fused-ring (bicyclic) bond motifs is 6. The summed E-state index contributed by atoms with van der Waals surface area (Å²) >= 11 is 0.